The second-order valence-corrected chi connectivity index (χ2v) is 5.81. The summed E-state index contributed by atoms with van der Waals surface area (Å²) in [5, 5.41) is 14.2. The lowest BCUT2D eigenvalue weighted by Gasteiger charge is -2.28. The van der Waals surface area contributed by atoms with Crippen LogP contribution in [0, 0.1) is 5.92 Å². The molecule has 0 spiro atoms. The number of nitrogens with one attached hydrogen (secondary N) is 1. The summed E-state index contributed by atoms with van der Waals surface area (Å²) in [5.74, 6) is 0.858. The van der Waals surface area contributed by atoms with Gasteiger partial charge in [-0.1, -0.05) is 36.7 Å². The number of rotatable bonds is 4. The molecule has 3 heteroatoms. The van der Waals surface area contributed by atoms with Crippen LogP contribution >= 0.6 is 11.6 Å². The van der Waals surface area contributed by atoms with Crippen molar-refractivity contribution in [2.75, 3.05) is 6.54 Å². The van der Waals surface area contributed by atoms with E-state index in [-0.39, 0.29) is 0 Å². The van der Waals surface area contributed by atoms with Crippen LogP contribution in [0.5, 0.6) is 0 Å². The number of benzene rings is 1. The van der Waals surface area contributed by atoms with Crippen molar-refractivity contribution in [3.05, 3.63) is 34.9 Å². The molecule has 18 heavy (non-hydrogen) atoms. The molecule has 1 unspecified atom stereocenters. The van der Waals surface area contributed by atoms with Crippen molar-refractivity contribution in [3.63, 3.8) is 0 Å². The summed E-state index contributed by atoms with van der Waals surface area (Å²) < 4.78 is 0. The molecule has 0 saturated heterocycles. The Kier molecular flexibility index (Phi) is 5.04. The Bertz CT molecular complexity index is 375. The quantitative estimate of drug-likeness (QED) is 0.875. The second kappa shape index (κ2) is 6.55. The van der Waals surface area contributed by atoms with Gasteiger partial charge in [-0.2, -0.15) is 0 Å². The van der Waals surface area contributed by atoms with Gasteiger partial charge in [0.2, 0.25) is 0 Å². The first-order valence-corrected chi connectivity index (χ1v) is 7.20. The fraction of sp³-hybridized carbons (Fsp3) is 0.600. The van der Waals surface area contributed by atoms with Crippen LogP contribution in [0.1, 0.15) is 44.3 Å². The zero-order chi connectivity index (χ0) is 13.0. The van der Waals surface area contributed by atoms with Gasteiger partial charge in [0.15, 0.2) is 0 Å². The van der Waals surface area contributed by atoms with E-state index in [1.54, 1.807) is 0 Å². The maximum Gasteiger partial charge on any atom is 0.0928 e. The fourth-order valence-electron chi connectivity index (χ4n) is 2.60. The van der Waals surface area contributed by atoms with Gasteiger partial charge in [0.1, 0.15) is 0 Å². The molecular weight excluding hydrogens is 246 g/mol. The summed E-state index contributed by atoms with van der Waals surface area (Å²) in [5.41, 5.74) is 0.816. The van der Waals surface area contributed by atoms with E-state index in [4.69, 9.17) is 11.6 Å². The highest BCUT2D eigenvalue weighted by Gasteiger charge is 2.19. The van der Waals surface area contributed by atoms with Crippen molar-refractivity contribution in [1.29, 1.82) is 0 Å². The van der Waals surface area contributed by atoms with Crippen molar-refractivity contribution in [2.24, 2.45) is 5.92 Å². The van der Waals surface area contributed by atoms with Crippen molar-refractivity contribution >= 4 is 11.6 Å². The lowest BCUT2D eigenvalue weighted by atomic mass is 9.87. The van der Waals surface area contributed by atoms with Crippen molar-refractivity contribution in [3.8, 4) is 0 Å². The molecule has 2 nitrogen and oxygen atoms in total. The number of aliphatic hydroxyl groups is 1. The van der Waals surface area contributed by atoms with Gasteiger partial charge in [0.05, 0.1) is 6.10 Å². The molecule has 2 rings (SSSR count). The summed E-state index contributed by atoms with van der Waals surface area (Å²) in [6.45, 7) is 2.90. The summed E-state index contributed by atoms with van der Waals surface area (Å²) in [7, 11) is 0. The van der Waals surface area contributed by atoms with E-state index >= 15 is 0 Å². The van der Waals surface area contributed by atoms with Crippen LogP contribution in [-0.2, 0) is 0 Å². The monoisotopic (exact) mass is 267 g/mol. The summed E-state index contributed by atoms with van der Waals surface area (Å²) in [4.78, 5) is 0. The van der Waals surface area contributed by atoms with E-state index in [0.29, 0.717) is 17.6 Å². The van der Waals surface area contributed by atoms with Gasteiger partial charge in [-0.3, -0.25) is 0 Å². The number of halogens is 1. The first-order chi connectivity index (χ1) is 8.66. The van der Waals surface area contributed by atoms with E-state index in [0.717, 1.165) is 11.5 Å². The minimum Gasteiger partial charge on any atom is -0.387 e. The molecule has 0 amide bonds. The van der Waals surface area contributed by atoms with Crippen LogP contribution < -0.4 is 5.32 Å². The van der Waals surface area contributed by atoms with Gasteiger partial charge >= 0.3 is 0 Å². The molecule has 0 radical (unpaired) electrons. The Hall–Kier alpha value is -0.570. The highest BCUT2D eigenvalue weighted by molar-refractivity contribution is 6.31. The van der Waals surface area contributed by atoms with Crippen molar-refractivity contribution in [1.82, 2.24) is 5.32 Å². The zero-order valence-corrected chi connectivity index (χ0v) is 11.7. The molecule has 2 N–H and O–H groups in total. The lowest BCUT2D eigenvalue weighted by Crippen LogP contribution is -2.35. The molecule has 0 bridgehead atoms. The number of aliphatic hydroxyl groups excluding tert-OH is 1. The Balaban J connectivity index is 1.81. The first kappa shape index (κ1) is 13.9. The molecule has 1 saturated carbocycles. The molecule has 1 fully saturated rings. The minimum atomic E-state index is -0.516. The van der Waals surface area contributed by atoms with Crippen LogP contribution in [0.25, 0.3) is 0 Å². The highest BCUT2D eigenvalue weighted by atomic mass is 35.5. The molecule has 100 valence electrons. The predicted octanol–water partition coefficient (Wildman–Crippen LogP) is 3.54. The van der Waals surface area contributed by atoms with E-state index < -0.39 is 6.10 Å². The number of hydrogen-bond acceptors (Lipinski definition) is 2. The second-order valence-electron chi connectivity index (χ2n) is 5.40. The maximum atomic E-state index is 10.1. The van der Waals surface area contributed by atoms with Crippen LogP contribution in [0.2, 0.25) is 5.02 Å². The van der Waals surface area contributed by atoms with Gasteiger partial charge in [0.25, 0.3) is 0 Å². The fourth-order valence-corrected chi connectivity index (χ4v) is 2.86. The number of hydrogen-bond donors (Lipinski definition) is 2. The van der Waals surface area contributed by atoms with E-state index in [9.17, 15) is 5.11 Å². The molecule has 0 aliphatic heterocycles. The van der Waals surface area contributed by atoms with E-state index in [2.05, 4.69) is 12.2 Å². The van der Waals surface area contributed by atoms with Crippen molar-refractivity contribution in [2.45, 2.75) is 44.8 Å². The Morgan fingerprint density at radius 2 is 1.94 bits per heavy atom. The van der Waals surface area contributed by atoms with Gasteiger partial charge in [-0.15, -0.1) is 0 Å². The van der Waals surface area contributed by atoms with Crippen LogP contribution in [0.3, 0.4) is 0 Å². The van der Waals surface area contributed by atoms with E-state index in [1.807, 2.05) is 24.3 Å². The van der Waals surface area contributed by atoms with E-state index in [1.165, 1.54) is 25.7 Å². The SMILES string of the molecule is CC1CCC(NCC(O)c2ccccc2Cl)CC1. The maximum absolute atomic E-state index is 10.1. The van der Waals surface area contributed by atoms with Gasteiger partial charge in [-0.05, 0) is 37.7 Å². The first-order valence-electron chi connectivity index (χ1n) is 6.82. The Morgan fingerprint density at radius 1 is 1.28 bits per heavy atom. The largest absolute Gasteiger partial charge is 0.387 e. The lowest BCUT2D eigenvalue weighted by molar-refractivity contribution is 0.163. The van der Waals surface area contributed by atoms with Crippen LogP contribution in [0.15, 0.2) is 24.3 Å². The molecule has 1 atom stereocenters. The molecule has 1 aliphatic rings. The van der Waals surface area contributed by atoms with Crippen LogP contribution in [0.4, 0.5) is 0 Å². The molecular formula is C15H22ClNO. The van der Waals surface area contributed by atoms with Gasteiger partial charge in [-0.25, -0.2) is 0 Å². The van der Waals surface area contributed by atoms with Crippen molar-refractivity contribution < 1.29 is 5.11 Å². The summed E-state index contributed by atoms with van der Waals surface area (Å²) in [6, 6.07) is 8.06. The third-order valence-corrected chi connectivity index (χ3v) is 4.22. The van der Waals surface area contributed by atoms with Gasteiger partial charge in [0, 0.05) is 23.2 Å². The average molecular weight is 268 g/mol. The van der Waals surface area contributed by atoms with Crippen LogP contribution in [-0.4, -0.2) is 17.7 Å². The molecule has 1 aromatic rings. The minimum absolute atomic E-state index is 0.516. The third kappa shape index (κ3) is 3.71. The molecule has 0 heterocycles. The molecule has 1 aromatic carbocycles. The smallest absolute Gasteiger partial charge is 0.0928 e. The predicted molar refractivity (Wildman–Crippen MR) is 75.8 cm³/mol. The average Bonchev–Trinajstić information content (AvgIpc) is 2.38. The summed E-state index contributed by atoms with van der Waals surface area (Å²) in [6.07, 6.45) is 4.50. The molecule has 0 aromatic heterocycles. The standard InChI is InChI=1S/C15H22ClNO/c1-11-6-8-12(9-7-11)17-10-15(18)13-4-2-3-5-14(13)16/h2-5,11-12,15,17-18H,6-10H2,1H3. The Morgan fingerprint density at radius 3 is 2.61 bits per heavy atom. The summed E-state index contributed by atoms with van der Waals surface area (Å²) >= 11 is 6.07. The van der Waals surface area contributed by atoms with Gasteiger partial charge < -0.3 is 10.4 Å². The Labute approximate surface area is 114 Å². The highest BCUT2D eigenvalue weighted by Crippen LogP contribution is 2.25. The normalized spacial score (nSPS) is 25.9. The topological polar surface area (TPSA) is 32.3 Å². The zero-order valence-electron chi connectivity index (χ0n) is 10.9. The third-order valence-electron chi connectivity index (χ3n) is 3.88. The molecule has 1 aliphatic carbocycles.